The van der Waals surface area contributed by atoms with Crippen LogP contribution in [0, 0.1) is 5.82 Å². The summed E-state index contributed by atoms with van der Waals surface area (Å²) in [6.07, 6.45) is 9.54. The molecule has 2 N–H and O–H groups in total. The first-order valence-corrected chi connectivity index (χ1v) is 11.3. The fourth-order valence-corrected chi connectivity index (χ4v) is 3.32. The third-order valence-corrected chi connectivity index (χ3v) is 5.07. The normalized spacial score (nSPS) is 11.3. The van der Waals surface area contributed by atoms with E-state index in [0.717, 1.165) is 18.5 Å². The van der Waals surface area contributed by atoms with Gasteiger partial charge in [-0.2, -0.15) is 10.2 Å². The smallest absolute Gasteiger partial charge is 0.323 e. The molecule has 10 heteroatoms. The van der Waals surface area contributed by atoms with Gasteiger partial charge in [-0.3, -0.25) is 14.3 Å². The largest absolute Gasteiger partial charge is 0.457 e. The minimum Gasteiger partial charge on any atom is -0.457 e. The number of pyridine rings is 1. The molecule has 0 aliphatic rings. The molecule has 3 aromatic heterocycles. The summed E-state index contributed by atoms with van der Waals surface area (Å²) < 4.78 is 24.1. The Morgan fingerprint density at radius 2 is 1.86 bits per heavy atom. The van der Waals surface area contributed by atoms with Gasteiger partial charge < -0.3 is 15.4 Å². The van der Waals surface area contributed by atoms with Crippen molar-refractivity contribution in [2.24, 2.45) is 0 Å². The molecular weight excluding hydrogens is 449 g/mol. The highest BCUT2D eigenvalue weighted by Gasteiger charge is 2.15. The van der Waals surface area contributed by atoms with Crippen LogP contribution in [-0.4, -0.2) is 30.6 Å². The number of rotatable bonds is 7. The summed E-state index contributed by atoms with van der Waals surface area (Å²) in [7, 11) is 0. The lowest BCUT2D eigenvalue weighted by atomic mass is 10.1. The van der Waals surface area contributed by atoms with E-state index in [1.54, 1.807) is 41.5 Å². The van der Waals surface area contributed by atoms with Gasteiger partial charge in [-0.05, 0) is 45.4 Å². The van der Waals surface area contributed by atoms with E-state index in [1.807, 2.05) is 31.6 Å². The molecular formula is C25H28FN7O2. The molecule has 0 aliphatic heterocycles. The molecule has 182 valence electrons. The minimum absolute atomic E-state index is 0.0248. The van der Waals surface area contributed by atoms with Gasteiger partial charge in [0.05, 0.1) is 35.0 Å². The number of benzene rings is 1. The zero-order chi connectivity index (χ0) is 25.0. The zero-order valence-corrected chi connectivity index (χ0v) is 20.1. The van der Waals surface area contributed by atoms with E-state index in [1.165, 1.54) is 18.3 Å². The molecule has 0 spiro atoms. The van der Waals surface area contributed by atoms with Crippen molar-refractivity contribution in [1.82, 2.24) is 24.5 Å². The van der Waals surface area contributed by atoms with Crippen LogP contribution in [0.2, 0.25) is 0 Å². The number of amides is 2. The number of carbonyl (C=O) groups is 1. The second kappa shape index (κ2) is 9.96. The second-order valence-electron chi connectivity index (χ2n) is 9.04. The van der Waals surface area contributed by atoms with E-state index in [4.69, 9.17) is 4.74 Å². The van der Waals surface area contributed by atoms with Crippen molar-refractivity contribution in [3.63, 3.8) is 0 Å². The van der Waals surface area contributed by atoms with Gasteiger partial charge in [-0.1, -0.05) is 6.92 Å². The summed E-state index contributed by atoms with van der Waals surface area (Å²) in [5.41, 5.74) is 1.89. The number of carbonyl (C=O) groups excluding carboxylic acids is 1. The van der Waals surface area contributed by atoms with Crippen LogP contribution in [-0.2, 0) is 12.1 Å². The first kappa shape index (κ1) is 23.9. The van der Waals surface area contributed by atoms with Crippen molar-refractivity contribution in [2.45, 2.75) is 46.2 Å². The predicted octanol–water partition coefficient (Wildman–Crippen LogP) is 5.88. The van der Waals surface area contributed by atoms with Gasteiger partial charge in [-0.25, -0.2) is 9.18 Å². The Morgan fingerprint density at radius 3 is 2.57 bits per heavy atom. The Balaban J connectivity index is 1.40. The molecule has 0 unspecified atom stereocenters. The van der Waals surface area contributed by atoms with Crippen molar-refractivity contribution < 1.29 is 13.9 Å². The van der Waals surface area contributed by atoms with Crippen molar-refractivity contribution in [3.8, 4) is 22.8 Å². The molecule has 4 rings (SSSR count). The van der Waals surface area contributed by atoms with Crippen molar-refractivity contribution in [3.05, 3.63) is 67.1 Å². The number of nitrogens with one attached hydrogen (secondary N) is 2. The van der Waals surface area contributed by atoms with Gasteiger partial charge >= 0.3 is 6.03 Å². The van der Waals surface area contributed by atoms with Gasteiger partial charge in [0.2, 0.25) is 0 Å². The number of halogens is 1. The average molecular weight is 478 g/mol. The maximum absolute atomic E-state index is 14.7. The topological polar surface area (TPSA) is 98.9 Å². The first-order chi connectivity index (χ1) is 16.7. The van der Waals surface area contributed by atoms with Gasteiger partial charge in [0.1, 0.15) is 17.3 Å². The molecule has 0 aliphatic carbocycles. The van der Waals surface area contributed by atoms with E-state index in [-0.39, 0.29) is 11.2 Å². The molecule has 0 atom stereocenters. The number of hydrogen-bond acceptors (Lipinski definition) is 5. The Labute approximate surface area is 202 Å². The van der Waals surface area contributed by atoms with Gasteiger partial charge in [0, 0.05) is 42.8 Å². The number of anilines is 2. The quantitative estimate of drug-likeness (QED) is 0.346. The zero-order valence-electron chi connectivity index (χ0n) is 20.1. The Kier molecular flexibility index (Phi) is 6.81. The Bertz CT molecular complexity index is 1320. The third kappa shape index (κ3) is 6.03. The molecule has 2 amide bonds. The predicted molar refractivity (Wildman–Crippen MR) is 132 cm³/mol. The van der Waals surface area contributed by atoms with Gasteiger partial charge in [0.15, 0.2) is 0 Å². The van der Waals surface area contributed by atoms with Crippen LogP contribution in [0.4, 0.5) is 20.6 Å². The van der Waals surface area contributed by atoms with E-state index >= 15 is 0 Å². The van der Waals surface area contributed by atoms with E-state index in [2.05, 4.69) is 32.7 Å². The highest BCUT2D eigenvalue weighted by molar-refractivity contribution is 5.99. The van der Waals surface area contributed by atoms with Crippen LogP contribution in [0.1, 0.15) is 34.1 Å². The van der Waals surface area contributed by atoms with Crippen LogP contribution in [0.25, 0.3) is 11.3 Å². The molecule has 35 heavy (non-hydrogen) atoms. The van der Waals surface area contributed by atoms with E-state index in [9.17, 15) is 9.18 Å². The summed E-state index contributed by atoms with van der Waals surface area (Å²) in [6, 6.07) is 7.12. The third-order valence-electron chi connectivity index (χ3n) is 5.07. The van der Waals surface area contributed by atoms with Gasteiger partial charge in [0.25, 0.3) is 0 Å². The Hall–Kier alpha value is -4.21. The fourth-order valence-electron chi connectivity index (χ4n) is 3.32. The molecule has 9 nitrogen and oxygen atoms in total. The van der Waals surface area contributed by atoms with Crippen molar-refractivity contribution >= 4 is 17.4 Å². The second-order valence-corrected chi connectivity index (χ2v) is 9.04. The summed E-state index contributed by atoms with van der Waals surface area (Å²) in [5, 5.41) is 13.7. The summed E-state index contributed by atoms with van der Waals surface area (Å²) >= 11 is 0. The van der Waals surface area contributed by atoms with Crippen LogP contribution in [0.5, 0.6) is 11.5 Å². The fraction of sp³-hybridized carbons (Fsp3) is 0.280. The molecule has 1 aromatic carbocycles. The standard InChI is InChI=1S/C25H28FN7O2/c1-5-10-32-15-17(13-28-32)23-12-20(8-9-27-23)35-19-6-7-22(21(26)11-19)31-24(34)30-18-14-29-33(16-18)25(2,3)4/h6-9,11-16H,5,10H2,1-4H3,(H2,30,31,34). The average Bonchev–Trinajstić information content (AvgIpc) is 3.46. The number of nitrogens with zero attached hydrogens (tertiary/aromatic N) is 5. The van der Waals surface area contributed by atoms with Crippen molar-refractivity contribution in [2.75, 3.05) is 10.6 Å². The van der Waals surface area contributed by atoms with E-state index in [0.29, 0.717) is 22.9 Å². The molecule has 0 bridgehead atoms. The highest BCUT2D eigenvalue weighted by Crippen LogP contribution is 2.28. The monoisotopic (exact) mass is 477 g/mol. The van der Waals surface area contributed by atoms with Gasteiger partial charge in [-0.15, -0.1) is 0 Å². The lowest BCUT2D eigenvalue weighted by Gasteiger charge is -2.18. The van der Waals surface area contributed by atoms with Crippen LogP contribution in [0.15, 0.2) is 61.3 Å². The summed E-state index contributed by atoms with van der Waals surface area (Å²) in [4.78, 5) is 16.7. The number of aryl methyl sites for hydroxylation is 1. The maximum Gasteiger partial charge on any atom is 0.323 e. The SMILES string of the molecule is CCCn1cc(-c2cc(Oc3ccc(NC(=O)Nc4cnn(C(C)(C)C)c4)c(F)c3)ccn2)cn1. The molecule has 3 heterocycles. The highest BCUT2D eigenvalue weighted by atomic mass is 19.1. The minimum atomic E-state index is -0.627. The first-order valence-electron chi connectivity index (χ1n) is 11.3. The number of aromatic nitrogens is 5. The van der Waals surface area contributed by atoms with Crippen LogP contribution >= 0.6 is 0 Å². The lowest BCUT2D eigenvalue weighted by molar-refractivity contribution is 0.262. The summed E-state index contributed by atoms with van der Waals surface area (Å²) in [6.45, 7) is 8.90. The molecule has 0 saturated carbocycles. The van der Waals surface area contributed by atoms with Crippen molar-refractivity contribution in [1.29, 1.82) is 0 Å². The molecule has 0 radical (unpaired) electrons. The number of ether oxygens (including phenoxy) is 1. The Morgan fingerprint density at radius 1 is 1.06 bits per heavy atom. The number of urea groups is 1. The van der Waals surface area contributed by atoms with Crippen LogP contribution in [0.3, 0.4) is 0 Å². The lowest BCUT2D eigenvalue weighted by Crippen LogP contribution is -2.22. The maximum atomic E-state index is 14.7. The summed E-state index contributed by atoms with van der Waals surface area (Å²) in [5.74, 6) is 0.170. The molecule has 0 fully saturated rings. The van der Waals surface area contributed by atoms with E-state index < -0.39 is 11.8 Å². The number of hydrogen-bond donors (Lipinski definition) is 2. The molecule has 4 aromatic rings. The molecule has 0 saturated heterocycles. The van der Waals surface area contributed by atoms with Crippen LogP contribution < -0.4 is 15.4 Å².